The molecule has 1 aliphatic carbocycles. The molecule has 0 unspecified atom stereocenters. The molecule has 0 amide bonds. The normalized spacial score (nSPS) is 16.3. The Labute approximate surface area is 210 Å². The molecule has 1 aliphatic rings. The van der Waals surface area contributed by atoms with Gasteiger partial charge < -0.3 is 9.30 Å². The molecule has 1 aromatic carbocycles. The number of halogens is 3. The molecule has 1 fully saturated rings. The van der Waals surface area contributed by atoms with E-state index in [1.807, 2.05) is 0 Å². The van der Waals surface area contributed by atoms with Gasteiger partial charge in [-0.25, -0.2) is 26.7 Å². The van der Waals surface area contributed by atoms with Crippen LogP contribution in [-0.2, 0) is 26.6 Å². The van der Waals surface area contributed by atoms with Crippen molar-refractivity contribution in [2.75, 3.05) is 0 Å². The summed E-state index contributed by atoms with van der Waals surface area (Å²) in [5, 5.41) is 5.40. The molecule has 0 saturated heterocycles. The highest BCUT2D eigenvalue weighted by Gasteiger charge is 2.35. The molecular weight excluding hydrogens is 519 g/mol. The molecule has 1 heterocycles. The Kier molecular flexibility index (Phi) is 7.91. The predicted octanol–water partition coefficient (Wildman–Crippen LogP) is 4.67. The van der Waals surface area contributed by atoms with Crippen LogP contribution in [-0.4, -0.2) is 33.3 Å². The maximum Gasteiger partial charge on any atom is 0.573 e. The number of aromatic nitrogens is 1. The van der Waals surface area contributed by atoms with Crippen LogP contribution in [0.5, 0.6) is 5.75 Å². The minimum Gasteiger partial charge on any atom is -0.404 e. The van der Waals surface area contributed by atoms with Gasteiger partial charge in [0.15, 0.2) is 0 Å². The summed E-state index contributed by atoms with van der Waals surface area (Å²) >= 11 is 0. The van der Waals surface area contributed by atoms with Crippen molar-refractivity contribution in [3.8, 4) is 17.0 Å². The van der Waals surface area contributed by atoms with Crippen molar-refractivity contribution in [2.24, 2.45) is 11.1 Å². The van der Waals surface area contributed by atoms with Gasteiger partial charge in [0.25, 0.3) is 0 Å². The van der Waals surface area contributed by atoms with Crippen LogP contribution in [0.15, 0.2) is 34.1 Å². The second-order valence-corrected chi connectivity index (χ2v) is 13.4. The van der Waals surface area contributed by atoms with Gasteiger partial charge in [0.05, 0.1) is 0 Å². The number of hydrogen-bond donors (Lipinski definition) is 2. The largest absolute Gasteiger partial charge is 0.573 e. The van der Waals surface area contributed by atoms with E-state index in [1.54, 1.807) is 32.3 Å². The summed E-state index contributed by atoms with van der Waals surface area (Å²) in [5.41, 5.74) is -0.120. The van der Waals surface area contributed by atoms with Gasteiger partial charge in [-0.3, -0.25) is 0 Å². The summed E-state index contributed by atoms with van der Waals surface area (Å²) in [6.45, 7) is 6.71. The third kappa shape index (κ3) is 7.02. The van der Waals surface area contributed by atoms with Crippen molar-refractivity contribution in [3.05, 3.63) is 30.0 Å². The highest BCUT2D eigenvalue weighted by molar-refractivity contribution is 7.89. The lowest BCUT2D eigenvalue weighted by Crippen LogP contribution is -2.40. The van der Waals surface area contributed by atoms with Gasteiger partial charge in [0.1, 0.15) is 15.5 Å². The van der Waals surface area contributed by atoms with Crippen LogP contribution in [0.3, 0.4) is 0 Å². The third-order valence-corrected chi connectivity index (χ3v) is 8.81. The Morgan fingerprint density at radius 1 is 1.03 bits per heavy atom. The fraction of sp³-hybridized carbons (Fsp3) is 0.565. The molecule has 8 nitrogen and oxygen atoms in total. The molecule has 1 aromatic heterocycles. The smallest absolute Gasteiger partial charge is 0.404 e. The van der Waals surface area contributed by atoms with Crippen molar-refractivity contribution in [3.63, 3.8) is 0 Å². The number of nitrogens with zero attached hydrogens (tertiary/aromatic N) is 1. The molecule has 3 N–H and O–H groups in total. The van der Waals surface area contributed by atoms with E-state index < -0.39 is 42.6 Å². The van der Waals surface area contributed by atoms with Crippen LogP contribution < -0.4 is 14.6 Å². The first-order valence-corrected chi connectivity index (χ1v) is 14.6. The number of rotatable bonds is 7. The molecule has 0 aliphatic heterocycles. The summed E-state index contributed by atoms with van der Waals surface area (Å²) in [4.78, 5) is -0.829. The standard InChI is InChI=1S/C23H32F3N3O5S2/c1-15-21(35(27,30)31)13-18(29(15)14-16-8-6-5-7-9-16)17-10-11-20(19(12-17)34-23(24,25)26)36(32,33)28-22(2,3)4/h10-13,16,28H,5-9,14H2,1-4H3,(H2,27,30,31). The quantitative estimate of drug-likeness (QED) is 0.518. The number of nitrogens with two attached hydrogens (primary N) is 1. The highest BCUT2D eigenvalue weighted by Crippen LogP contribution is 2.37. The van der Waals surface area contributed by atoms with Gasteiger partial charge in [-0.2, -0.15) is 0 Å². The SMILES string of the molecule is Cc1c(S(N)(=O)=O)cc(-c2ccc(S(=O)(=O)NC(C)(C)C)c(OC(F)(F)F)c2)n1CC1CCCCC1. The van der Waals surface area contributed by atoms with Gasteiger partial charge in [0, 0.05) is 29.0 Å². The van der Waals surface area contributed by atoms with Crippen molar-refractivity contribution in [1.82, 2.24) is 9.29 Å². The number of hydrogen-bond acceptors (Lipinski definition) is 5. The maximum atomic E-state index is 13.3. The first-order chi connectivity index (χ1) is 16.4. The Morgan fingerprint density at radius 2 is 1.64 bits per heavy atom. The number of sulfonamides is 2. The molecule has 3 rings (SSSR count). The molecule has 0 spiro atoms. The monoisotopic (exact) mass is 551 g/mol. The Morgan fingerprint density at radius 3 is 2.17 bits per heavy atom. The second-order valence-electron chi connectivity index (χ2n) is 10.2. The average Bonchev–Trinajstić information content (AvgIpc) is 3.02. The maximum absolute atomic E-state index is 13.3. The average molecular weight is 552 g/mol. The zero-order valence-electron chi connectivity index (χ0n) is 20.6. The van der Waals surface area contributed by atoms with Crippen LogP contribution in [0, 0.1) is 12.8 Å². The lowest BCUT2D eigenvalue weighted by molar-refractivity contribution is -0.275. The van der Waals surface area contributed by atoms with Crippen LogP contribution in [0.1, 0.15) is 58.6 Å². The molecule has 36 heavy (non-hydrogen) atoms. The minimum absolute atomic E-state index is 0.141. The summed E-state index contributed by atoms with van der Waals surface area (Å²) < 4.78 is 98.1. The lowest BCUT2D eigenvalue weighted by atomic mass is 9.89. The Balaban J connectivity index is 2.19. The summed E-state index contributed by atoms with van der Waals surface area (Å²) in [7, 11) is -8.49. The van der Waals surface area contributed by atoms with E-state index in [4.69, 9.17) is 5.14 Å². The topological polar surface area (TPSA) is 120 Å². The molecule has 13 heteroatoms. The first kappa shape index (κ1) is 28.5. The van der Waals surface area contributed by atoms with Gasteiger partial charge in [-0.1, -0.05) is 25.3 Å². The third-order valence-electron chi connectivity index (χ3n) is 5.99. The van der Waals surface area contributed by atoms with Gasteiger partial charge >= 0.3 is 6.36 Å². The molecule has 1 saturated carbocycles. The molecule has 0 atom stereocenters. The fourth-order valence-electron chi connectivity index (χ4n) is 4.56. The Bertz CT molecular complexity index is 1320. The van der Waals surface area contributed by atoms with Crippen molar-refractivity contribution < 1.29 is 34.7 Å². The summed E-state index contributed by atoms with van der Waals surface area (Å²) in [5.74, 6) is -0.657. The zero-order chi connectivity index (χ0) is 27.1. The van der Waals surface area contributed by atoms with E-state index in [9.17, 15) is 30.0 Å². The number of alkyl halides is 3. The van der Waals surface area contributed by atoms with E-state index in [0.29, 0.717) is 17.9 Å². The zero-order valence-corrected chi connectivity index (χ0v) is 22.3. The minimum atomic E-state index is -5.16. The van der Waals surface area contributed by atoms with Gasteiger partial charge in [0.2, 0.25) is 20.0 Å². The van der Waals surface area contributed by atoms with E-state index >= 15 is 0 Å². The first-order valence-electron chi connectivity index (χ1n) is 11.5. The number of ether oxygens (including phenoxy) is 1. The Hall–Kier alpha value is -2.09. The van der Waals surface area contributed by atoms with Gasteiger partial charge in [-0.15, -0.1) is 13.2 Å². The van der Waals surface area contributed by atoms with Crippen LogP contribution in [0.25, 0.3) is 11.3 Å². The van der Waals surface area contributed by atoms with Gasteiger partial charge in [-0.05, 0) is 64.7 Å². The van der Waals surface area contributed by atoms with Crippen LogP contribution in [0.2, 0.25) is 0 Å². The van der Waals surface area contributed by atoms with Crippen molar-refractivity contribution in [2.45, 2.75) is 88.0 Å². The van der Waals surface area contributed by atoms with Crippen LogP contribution in [0.4, 0.5) is 13.2 Å². The van der Waals surface area contributed by atoms with E-state index in [0.717, 1.165) is 44.2 Å². The molecule has 202 valence electrons. The lowest BCUT2D eigenvalue weighted by Gasteiger charge is -2.25. The highest BCUT2D eigenvalue weighted by atomic mass is 32.2. The molecule has 0 radical (unpaired) electrons. The molecule has 0 bridgehead atoms. The van der Waals surface area contributed by atoms with E-state index in [2.05, 4.69) is 9.46 Å². The molecular formula is C23H32F3N3O5S2. The second kappa shape index (κ2) is 9.99. The van der Waals surface area contributed by atoms with Crippen molar-refractivity contribution >= 4 is 20.0 Å². The number of primary sulfonamides is 1. The van der Waals surface area contributed by atoms with E-state index in [1.165, 1.54) is 12.1 Å². The van der Waals surface area contributed by atoms with Crippen LogP contribution >= 0.6 is 0 Å². The predicted molar refractivity (Wildman–Crippen MR) is 129 cm³/mol. The number of nitrogens with one attached hydrogen (secondary N) is 1. The molecule has 2 aromatic rings. The fourth-order valence-corrected chi connectivity index (χ4v) is 6.89. The summed E-state index contributed by atoms with van der Waals surface area (Å²) in [6.07, 6.45) is -0.0677. The van der Waals surface area contributed by atoms with Crippen molar-refractivity contribution in [1.29, 1.82) is 0 Å². The summed E-state index contributed by atoms with van der Waals surface area (Å²) in [6, 6.07) is 4.62. The number of benzene rings is 1. The van der Waals surface area contributed by atoms with E-state index in [-0.39, 0.29) is 16.4 Å².